The van der Waals surface area contributed by atoms with Crippen molar-refractivity contribution in [2.75, 3.05) is 7.11 Å². The van der Waals surface area contributed by atoms with Gasteiger partial charge in [-0.15, -0.1) is 12.4 Å². The Morgan fingerprint density at radius 2 is 1.86 bits per heavy atom. The summed E-state index contributed by atoms with van der Waals surface area (Å²) in [7, 11) is 1.31. The van der Waals surface area contributed by atoms with Gasteiger partial charge in [0.05, 0.1) is 18.7 Å². The second-order valence-electron chi connectivity index (χ2n) is 9.25. The normalized spacial score (nSPS) is 13.3. The number of carboxylic acids is 1. The molecule has 0 fully saturated rings. The molecule has 0 bridgehead atoms. The van der Waals surface area contributed by atoms with E-state index in [2.05, 4.69) is 15.4 Å². The molecule has 220 valence electrons. The van der Waals surface area contributed by atoms with E-state index in [4.69, 9.17) is 16.2 Å². The number of carbonyl (C=O) groups is 4. The van der Waals surface area contributed by atoms with Crippen LogP contribution < -0.4 is 16.8 Å². The number of benzene rings is 2. The number of ether oxygens (including phenoxy) is 1. The number of primary amides is 1. The molecule has 42 heavy (non-hydrogen) atoms. The van der Waals surface area contributed by atoms with Gasteiger partial charge in [-0.05, 0) is 60.2 Å². The average molecular weight is 599 g/mol. The lowest BCUT2D eigenvalue weighted by atomic mass is 10.0. The van der Waals surface area contributed by atoms with Crippen molar-refractivity contribution in [2.45, 2.75) is 32.4 Å². The highest BCUT2D eigenvalue weighted by Crippen LogP contribution is 2.32. The fourth-order valence-electron chi connectivity index (χ4n) is 4.44. The van der Waals surface area contributed by atoms with Gasteiger partial charge in [-0.2, -0.15) is 5.10 Å². The first-order chi connectivity index (χ1) is 19.5. The fraction of sp³-hybridized carbons (Fsp3) is 0.214. The first kappa shape index (κ1) is 31.6. The summed E-state index contributed by atoms with van der Waals surface area (Å²) < 4.78 is 18.3. The largest absolute Gasteiger partial charge is 0.477 e. The number of hydrogen-bond acceptors (Lipinski definition) is 8. The van der Waals surface area contributed by atoms with E-state index in [-0.39, 0.29) is 47.0 Å². The van der Waals surface area contributed by atoms with Crippen LogP contribution in [0.15, 0.2) is 48.5 Å². The fourth-order valence-corrected chi connectivity index (χ4v) is 4.44. The highest BCUT2D eigenvalue weighted by molar-refractivity contribution is 5.97. The molecule has 14 heteroatoms. The molecule has 0 aliphatic heterocycles. The lowest BCUT2D eigenvalue weighted by Crippen LogP contribution is -2.28. The van der Waals surface area contributed by atoms with Gasteiger partial charge < -0.3 is 26.6 Å². The summed E-state index contributed by atoms with van der Waals surface area (Å²) in [6.45, 7) is 2.20. The quantitative estimate of drug-likeness (QED) is 0.241. The van der Waals surface area contributed by atoms with Crippen LogP contribution in [0.2, 0.25) is 0 Å². The second-order valence-corrected chi connectivity index (χ2v) is 9.25. The van der Waals surface area contributed by atoms with E-state index in [1.165, 1.54) is 19.2 Å². The Balaban J connectivity index is 0.000000374. The highest BCUT2D eigenvalue weighted by atomic mass is 35.5. The average Bonchev–Trinajstić information content (AvgIpc) is 3.57. The number of carbonyl (C=O) groups excluding carboxylic acids is 3. The zero-order valence-electron chi connectivity index (χ0n) is 22.6. The topological polar surface area (TPSA) is 192 Å². The van der Waals surface area contributed by atoms with Crippen molar-refractivity contribution >= 4 is 41.8 Å². The van der Waals surface area contributed by atoms with Crippen LogP contribution in [0.4, 0.5) is 4.39 Å². The molecule has 4 aromatic rings. The van der Waals surface area contributed by atoms with Gasteiger partial charge in [0.25, 0.3) is 11.8 Å². The van der Waals surface area contributed by atoms with Crippen LogP contribution in [0.25, 0.3) is 5.65 Å². The minimum absolute atomic E-state index is 0. The number of amides is 2. The zero-order valence-corrected chi connectivity index (χ0v) is 23.4. The molecular weight excluding hydrogens is 571 g/mol. The third-order valence-corrected chi connectivity index (χ3v) is 6.54. The second kappa shape index (κ2) is 13.2. The lowest BCUT2D eigenvalue weighted by molar-refractivity contribution is 0.0599. The van der Waals surface area contributed by atoms with Crippen molar-refractivity contribution in [1.82, 2.24) is 19.9 Å². The molecule has 0 saturated heterocycles. The molecule has 5 rings (SSSR count). The van der Waals surface area contributed by atoms with Crippen LogP contribution in [-0.2, 0) is 17.7 Å². The summed E-state index contributed by atoms with van der Waals surface area (Å²) in [4.78, 5) is 51.6. The van der Waals surface area contributed by atoms with Gasteiger partial charge in [-0.3, -0.25) is 9.59 Å². The Morgan fingerprint density at radius 1 is 1.12 bits per heavy atom. The minimum Gasteiger partial charge on any atom is -0.477 e. The zero-order chi connectivity index (χ0) is 29.8. The van der Waals surface area contributed by atoms with Crippen molar-refractivity contribution in [3.8, 4) is 0 Å². The molecule has 1 aliphatic carbocycles. The maximum Gasteiger partial charge on any atom is 0.354 e. The molecule has 12 nitrogen and oxygen atoms in total. The predicted molar refractivity (Wildman–Crippen MR) is 151 cm³/mol. The molecule has 2 aromatic carbocycles. The summed E-state index contributed by atoms with van der Waals surface area (Å²) in [6.07, 6.45) is 1.26. The van der Waals surface area contributed by atoms with Gasteiger partial charge in [0.2, 0.25) is 0 Å². The van der Waals surface area contributed by atoms with Crippen LogP contribution in [0.5, 0.6) is 0 Å². The Bertz CT molecular complexity index is 1690. The summed E-state index contributed by atoms with van der Waals surface area (Å²) in [5.41, 5.74) is 13.7. The summed E-state index contributed by atoms with van der Waals surface area (Å²) >= 11 is 0. The lowest BCUT2D eigenvalue weighted by Gasteiger charge is -2.14. The van der Waals surface area contributed by atoms with E-state index in [9.17, 15) is 28.7 Å². The van der Waals surface area contributed by atoms with Crippen molar-refractivity contribution in [2.24, 2.45) is 11.5 Å². The van der Waals surface area contributed by atoms with Crippen molar-refractivity contribution in [3.63, 3.8) is 0 Å². The Morgan fingerprint density at radius 3 is 2.48 bits per heavy atom. The molecule has 0 radical (unpaired) electrons. The molecular formula is C28H28ClFN6O6. The first-order valence-electron chi connectivity index (χ1n) is 12.4. The number of hydrogen-bond donors (Lipinski definition) is 4. The van der Waals surface area contributed by atoms with Crippen LogP contribution in [0.3, 0.4) is 0 Å². The molecule has 6 N–H and O–H groups in total. The predicted octanol–water partition coefficient (Wildman–Crippen LogP) is 2.74. The third kappa shape index (κ3) is 6.70. The number of esters is 1. The number of aromatic carboxylic acids is 1. The summed E-state index contributed by atoms with van der Waals surface area (Å²) in [5, 5.41) is 16.1. The van der Waals surface area contributed by atoms with Crippen LogP contribution in [0.1, 0.15) is 76.5 Å². The van der Waals surface area contributed by atoms with Crippen molar-refractivity contribution < 1.29 is 33.4 Å². The number of aromatic nitrogens is 3. The number of nitrogens with two attached hydrogens (primary N) is 2. The molecule has 2 amide bonds. The van der Waals surface area contributed by atoms with E-state index < -0.39 is 23.8 Å². The van der Waals surface area contributed by atoms with Gasteiger partial charge in [-0.1, -0.05) is 18.2 Å². The minimum atomic E-state index is -1.35. The molecule has 2 aromatic heterocycles. The van der Waals surface area contributed by atoms with Gasteiger partial charge >= 0.3 is 11.9 Å². The van der Waals surface area contributed by atoms with E-state index in [0.29, 0.717) is 30.5 Å². The summed E-state index contributed by atoms with van der Waals surface area (Å²) in [5.74, 6) is -3.38. The Hall–Kier alpha value is -4.88. The number of carboxylic acid groups (broad SMARTS) is 1. The van der Waals surface area contributed by atoms with Crippen LogP contribution >= 0.6 is 12.4 Å². The van der Waals surface area contributed by atoms with E-state index >= 15 is 0 Å². The number of methoxy groups -OCH3 is 1. The van der Waals surface area contributed by atoms with Crippen LogP contribution in [0, 0.1) is 12.7 Å². The standard InChI is InChI=1S/C20H17N5O6.C8H10FN.ClH/c1-31-20(30)10-2-4-11-9(6-10)3-5-12(11)23-18(27)14-7-15(19(28)29)25-16(22-14)8-13(24-25)17(21)26;1-6-4-7(5-10)2-3-8(6)9;/h2,4,6-8,12H,3,5H2,1H3,(H2,21,26)(H,23,27)(H,28,29);2-4H,5,10H2,1H3;1H/t12-;;/m0../s1. The molecule has 0 unspecified atom stereocenters. The molecule has 0 saturated carbocycles. The smallest absolute Gasteiger partial charge is 0.354 e. The van der Waals surface area contributed by atoms with Crippen molar-refractivity contribution in [1.29, 1.82) is 0 Å². The maximum absolute atomic E-state index is 12.8. The first-order valence-corrected chi connectivity index (χ1v) is 12.4. The number of nitrogens with one attached hydrogen (secondary N) is 1. The Labute approximate surface area is 245 Å². The van der Waals surface area contributed by atoms with E-state index in [0.717, 1.165) is 27.3 Å². The third-order valence-electron chi connectivity index (χ3n) is 6.54. The number of halogens is 2. The van der Waals surface area contributed by atoms with E-state index in [1.807, 2.05) is 0 Å². The number of rotatable bonds is 6. The van der Waals surface area contributed by atoms with Gasteiger partial charge in [0, 0.05) is 18.7 Å². The monoisotopic (exact) mass is 598 g/mol. The molecule has 0 spiro atoms. The molecule has 1 aliphatic rings. The van der Waals surface area contributed by atoms with Crippen LogP contribution in [-0.4, -0.2) is 50.6 Å². The summed E-state index contributed by atoms with van der Waals surface area (Å²) in [6, 6.07) is 12.0. The van der Waals surface area contributed by atoms with Gasteiger partial charge in [0.1, 0.15) is 11.5 Å². The molecule has 1 atom stereocenters. The number of aryl methyl sites for hydroxylation is 2. The van der Waals surface area contributed by atoms with Gasteiger partial charge in [0.15, 0.2) is 17.0 Å². The number of fused-ring (bicyclic) bond motifs is 2. The SMILES string of the molecule is COC(=O)c1ccc2c(c1)CC[C@@H]2NC(=O)c1cc(C(=O)O)n2nc(C(N)=O)cc2n1.Cc1cc(CN)ccc1F.Cl. The van der Waals surface area contributed by atoms with E-state index in [1.54, 1.807) is 37.3 Å². The maximum atomic E-state index is 12.8. The Kier molecular flexibility index (Phi) is 9.94. The molecule has 2 heterocycles. The van der Waals surface area contributed by atoms with Crippen molar-refractivity contribution in [3.05, 3.63) is 99.2 Å². The highest BCUT2D eigenvalue weighted by Gasteiger charge is 2.27. The number of nitrogens with zero attached hydrogens (tertiary/aromatic N) is 3. The van der Waals surface area contributed by atoms with Gasteiger partial charge in [-0.25, -0.2) is 23.5 Å².